The summed E-state index contributed by atoms with van der Waals surface area (Å²) < 4.78 is 4.94. The van der Waals surface area contributed by atoms with Gasteiger partial charge in [-0.25, -0.2) is 4.79 Å². The normalized spacial score (nSPS) is 10.4. The fourth-order valence-corrected chi connectivity index (χ4v) is 1.11. The zero-order valence-electron chi connectivity index (χ0n) is 7.87. The molecule has 0 amide bonds. The molecule has 1 aromatic carbocycles. The zero-order chi connectivity index (χ0) is 10.4. The van der Waals surface area contributed by atoms with Crippen LogP contribution in [0, 0.1) is 6.92 Å². The number of aryl methyl sites for hydroxylation is 1. The van der Waals surface area contributed by atoms with Crippen molar-refractivity contribution in [3.05, 3.63) is 47.0 Å². The Labute approximate surface area is 88.1 Å². The van der Waals surface area contributed by atoms with E-state index in [1.54, 1.807) is 18.2 Å². The van der Waals surface area contributed by atoms with Gasteiger partial charge in [-0.3, -0.25) is 0 Å². The van der Waals surface area contributed by atoms with E-state index in [0.717, 1.165) is 5.56 Å². The molecule has 1 aromatic rings. The van der Waals surface area contributed by atoms with Crippen molar-refractivity contribution in [2.24, 2.45) is 0 Å². The molecule has 0 saturated heterocycles. The standard InChI is InChI=1S/C11H11ClO2/c1-9-5-2-3-6-10(9)11(13)14-8-4-7-12/h2-7H,8H2,1H3/b7-4+. The van der Waals surface area contributed by atoms with Crippen molar-refractivity contribution in [3.63, 3.8) is 0 Å². The third-order valence-electron chi connectivity index (χ3n) is 1.76. The lowest BCUT2D eigenvalue weighted by molar-refractivity contribution is 0.0549. The monoisotopic (exact) mass is 210 g/mol. The Kier molecular flexibility index (Phi) is 4.20. The van der Waals surface area contributed by atoms with E-state index in [1.165, 1.54) is 5.54 Å². The summed E-state index contributed by atoms with van der Waals surface area (Å²) in [7, 11) is 0. The lowest BCUT2D eigenvalue weighted by Gasteiger charge is -2.03. The first kappa shape index (κ1) is 10.8. The number of carbonyl (C=O) groups is 1. The Hall–Kier alpha value is -1.28. The first-order chi connectivity index (χ1) is 6.75. The highest BCUT2D eigenvalue weighted by atomic mass is 35.5. The van der Waals surface area contributed by atoms with Crippen LogP contribution < -0.4 is 0 Å². The van der Waals surface area contributed by atoms with E-state index in [1.807, 2.05) is 19.1 Å². The third kappa shape index (κ3) is 2.89. The smallest absolute Gasteiger partial charge is 0.338 e. The van der Waals surface area contributed by atoms with Crippen LogP contribution in [0.2, 0.25) is 0 Å². The highest BCUT2D eigenvalue weighted by Gasteiger charge is 2.07. The molecule has 0 saturated carbocycles. The molecular formula is C11H11ClO2. The van der Waals surface area contributed by atoms with Crippen LogP contribution in [-0.4, -0.2) is 12.6 Å². The molecule has 74 valence electrons. The topological polar surface area (TPSA) is 26.3 Å². The van der Waals surface area contributed by atoms with Gasteiger partial charge in [0.25, 0.3) is 0 Å². The van der Waals surface area contributed by atoms with Crippen molar-refractivity contribution in [2.75, 3.05) is 6.61 Å². The minimum atomic E-state index is -0.321. The molecule has 0 aliphatic rings. The number of halogens is 1. The summed E-state index contributed by atoms with van der Waals surface area (Å²) >= 11 is 5.29. The molecule has 0 atom stereocenters. The van der Waals surface area contributed by atoms with Gasteiger partial charge in [0, 0.05) is 5.54 Å². The van der Waals surface area contributed by atoms with E-state index in [9.17, 15) is 4.79 Å². The number of hydrogen-bond donors (Lipinski definition) is 0. The molecule has 0 bridgehead atoms. The van der Waals surface area contributed by atoms with Crippen LogP contribution in [-0.2, 0) is 4.74 Å². The lowest BCUT2D eigenvalue weighted by atomic mass is 10.1. The minimum Gasteiger partial charge on any atom is -0.458 e. The van der Waals surface area contributed by atoms with Crippen molar-refractivity contribution in [1.29, 1.82) is 0 Å². The van der Waals surface area contributed by atoms with Gasteiger partial charge in [-0.05, 0) is 24.6 Å². The molecule has 0 aliphatic heterocycles. The highest BCUT2D eigenvalue weighted by Crippen LogP contribution is 2.08. The summed E-state index contributed by atoms with van der Waals surface area (Å²) in [6, 6.07) is 7.29. The second-order valence-electron chi connectivity index (χ2n) is 2.78. The molecule has 0 fully saturated rings. The average molecular weight is 211 g/mol. The summed E-state index contributed by atoms with van der Waals surface area (Å²) in [6.45, 7) is 2.07. The molecule has 14 heavy (non-hydrogen) atoms. The van der Waals surface area contributed by atoms with Crippen molar-refractivity contribution in [1.82, 2.24) is 0 Å². The molecule has 3 heteroatoms. The average Bonchev–Trinajstić information content (AvgIpc) is 2.18. The van der Waals surface area contributed by atoms with Gasteiger partial charge in [0.1, 0.15) is 6.61 Å². The van der Waals surface area contributed by atoms with E-state index < -0.39 is 0 Å². The molecule has 0 spiro atoms. The first-order valence-corrected chi connectivity index (χ1v) is 4.67. The minimum absolute atomic E-state index is 0.205. The van der Waals surface area contributed by atoms with Gasteiger partial charge < -0.3 is 4.74 Å². The first-order valence-electron chi connectivity index (χ1n) is 4.23. The van der Waals surface area contributed by atoms with Crippen molar-refractivity contribution in [2.45, 2.75) is 6.92 Å². The maximum atomic E-state index is 11.4. The predicted octanol–water partition coefficient (Wildman–Crippen LogP) is 2.90. The van der Waals surface area contributed by atoms with E-state index in [-0.39, 0.29) is 12.6 Å². The molecule has 2 nitrogen and oxygen atoms in total. The third-order valence-corrected chi connectivity index (χ3v) is 1.94. The molecule has 0 aliphatic carbocycles. The van der Waals surface area contributed by atoms with Crippen molar-refractivity contribution in [3.8, 4) is 0 Å². The number of carbonyl (C=O) groups excluding carboxylic acids is 1. The van der Waals surface area contributed by atoms with E-state index >= 15 is 0 Å². The van der Waals surface area contributed by atoms with Gasteiger partial charge in [-0.1, -0.05) is 29.8 Å². The number of esters is 1. The molecule has 0 radical (unpaired) electrons. The van der Waals surface area contributed by atoms with E-state index in [4.69, 9.17) is 16.3 Å². The van der Waals surface area contributed by atoms with Crippen LogP contribution in [0.1, 0.15) is 15.9 Å². The molecule has 0 N–H and O–H groups in total. The van der Waals surface area contributed by atoms with Crippen LogP contribution in [0.5, 0.6) is 0 Å². The van der Waals surface area contributed by atoms with Gasteiger partial charge in [-0.15, -0.1) is 0 Å². The molecule has 0 heterocycles. The van der Waals surface area contributed by atoms with Gasteiger partial charge >= 0.3 is 5.97 Å². The molecule has 1 rings (SSSR count). The van der Waals surface area contributed by atoms with Crippen molar-refractivity contribution >= 4 is 17.6 Å². The number of benzene rings is 1. The van der Waals surface area contributed by atoms with Crippen LogP contribution in [0.25, 0.3) is 0 Å². The molecular weight excluding hydrogens is 200 g/mol. The lowest BCUT2D eigenvalue weighted by Crippen LogP contribution is -2.06. The Morgan fingerprint density at radius 1 is 1.50 bits per heavy atom. The summed E-state index contributed by atoms with van der Waals surface area (Å²) in [5.41, 5.74) is 2.83. The maximum absolute atomic E-state index is 11.4. The van der Waals surface area contributed by atoms with Crippen LogP contribution in [0.15, 0.2) is 35.9 Å². The summed E-state index contributed by atoms with van der Waals surface area (Å²) in [6.07, 6.45) is 1.57. The van der Waals surface area contributed by atoms with Crippen LogP contribution in [0.4, 0.5) is 0 Å². The number of hydrogen-bond acceptors (Lipinski definition) is 2. The molecule has 0 aromatic heterocycles. The second kappa shape index (κ2) is 5.45. The summed E-state index contributed by atoms with van der Waals surface area (Å²) in [5.74, 6) is -0.321. The number of ether oxygens (including phenoxy) is 1. The maximum Gasteiger partial charge on any atom is 0.338 e. The Balaban J connectivity index is 2.65. The predicted molar refractivity (Wildman–Crippen MR) is 56.5 cm³/mol. The van der Waals surface area contributed by atoms with Crippen molar-refractivity contribution < 1.29 is 9.53 Å². The Morgan fingerprint density at radius 3 is 2.86 bits per heavy atom. The number of rotatable bonds is 3. The Morgan fingerprint density at radius 2 is 2.21 bits per heavy atom. The van der Waals surface area contributed by atoms with Crippen LogP contribution >= 0.6 is 11.6 Å². The van der Waals surface area contributed by atoms with Gasteiger partial charge in [0.05, 0.1) is 5.56 Å². The summed E-state index contributed by atoms with van der Waals surface area (Å²) in [4.78, 5) is 11.4. The second-order valence-corrected chi connectivity index (χ2v) is 3.03. The summed E-state index contributed by atoms with van der Waals surface area (Å²) in [5, 5.41) is 0. The van der Waals surface area contributed by atoms with Gasteiger partial charge in [0.15, 0.2) is 0 Å². The fourth-order valence-electron chi connectivity index (χ4n) is 1.04. The van der Waals surface area contributed by atoms with E-state index in [2.05, 4.69) is 0 Å². The van der Waals surface area contributed by atoms with E-state index in [0.29, 0.717) is 5.56 Å². The fraction of sp³-hybridized carbons (Fsp3) is 0.182. The van der Waals surface area contributed by atoms with Gasteiger partial charge in [-0.2, -0.15) is 0 Å². The SMILES string of the molecule is Cc1ccccc1C(=O)OC/C=C/Cl. The Bertz CT molecular complexity index is 345. The highest BCUT2D eigenvalue weighted by molar-refractivity contribution is 6.25. The molecule has 0 unspecified atom stereocenters. The quantitative estimate of drug-likeness (QED) is 0.718. The van der Waals surface area contributed by atoms with Crippen LogP contribution in [0.3, 0.4) is 0 Å². The zero-order valence-corrected chi connectivity index (χ0v) is 8.62. The largest absolute Gasteiger partial charge is 0.458 e. The van der Waals surface area contributed by atoms with Gasteiger partial charge in [0.2, 0.25) is 0 Å².